The summed E-state index contributed by atoms with van der Waals surface area (Å²) in [6.45, 7) is 5.45. The monoisotopic (exact) mass is 272 g/mol. The molecule has 1 heterocycles. The van der Waals surface area contributed by atoms with Crippen molar-refractivity contribution in [3.05, 3.63) is 5.01 Å². The first-order valence-electron chi connectivity index (χ1n) is 5.48. The molecular formula is C10H16N4O3S. The quantitative estimate of drug-likeness (QED) is 0.750. The third kappa shape index (κ3) is 4.28. The molecule has 0 saturated heterocycles. The number of aryl methyl sites for hydroxylation is 1. The lowest BCUT2D eigenvalue weighted by Gasteiger charge is -2.16. The number of carboxylic acid groups (broad SMARTS) is 1. The number of carboxylic acids is 1. The fraction of sp³-hybridized carbons (Fsp3) is 0.600. The molecule has 0 fully saturated rings. The molecule has 0 aromatic carbocycles. The van der Waals surface area contributed by atoms with Gasteiger partial charge in [-0.3, -0.25) is 10.1 Å². The molecule has 8 heteroatoms. The third-order valence-electron chi connectivity index (χ3n) is 2.35. The molecule has 0 saturated carbocycles. The summed E-state index contributed by atoms with van der Waals surface area (Å²) in [6.07, 6.45) is 0. The average molecular weight is 272 g/mol. The van der Waals surface area contributed by atoms with Gasteiger partial charge in [0.15, 0.2) is 0 Å². The zero-order valence-electron chi connectivity index (χ0n) is 10.4. The zero-order valence-corrected chi connectivity index (χ0v) is 11.2. The van der Waals surface area contributed by atoms with Crippen molar-refractivity contribution in [3.8, 4) is 0 Å². The molecule has 0 aliphatic carbocycles. The van der Waals surface area contributed by atoms with E-state index in [0.29, 0.717) is 5.13 Å². The maximum absolute atomic E-state index is 11.5. The number of aliphatic carboxylic acids is 1. The van der Waals surface area contributed by atoms with E-state index in [1.54, 1.807) is 20.8 Å². The maximum Gasteiger partial charge on any atom is 0.321 e. The standard InChI is InChI=1S/C10H16N4O3S/c1-5(2)7(8(15)16)4-11-9(17)12-10-14-13-6(3)18-10/h5,7H,4H2,1-3H3,(H,15,16)(H2,11,12,14,17). The topological polar surface area (TPSA) is 104 Å². The van der Waals surface area contributed by atoms with Crippen LogP contribution in [0.3, 0.4) is 0 Å². The lowest BCUT2D eigenvalue weighted by atomic mass is 9.96. The number of amides is 2. The number of hydrogen-bond donors (Lipinski definition) is 3. The molecule has 0 aliphatic rings. The van der Waals surface area contributed by atoms with Crippen LogP contribution in [0, 0.1) is 18.8 Å². The lowest BCUT2D eigenvalue weighted by molar-refractivity contribution is -0.142. The van der Waals surface area contributed by atoms with Crippen LogP contribution in [-0.2, 0) is 4.79 Å². The zero-order chi connectivity index (χ0) is 13.7. The molecule has 0 radical (unpaired) electrons. The fourth-order valence-electron chi connectivity index (χ4n) is 1.30. The van der Waals surface area contributed by atoms with Gasteiger partial charge < -0.3 is 10.4 Å². The Morgan fingerprint density at radius 1 is 1.39 bits per heavy atom. The Morgan fingerprint density at radius 2 is 2.06 bits per heavy atom. The Kier molecular flexibility index (Phi) is 5.02. The summed E-state index contributed by atoms with van der Waals surface area (Å²) in [6, 6.07) is -0.474. The van der Waals surface area contributed by atoms with Gasteiger partial charge >= 0.3 is 12.0 Å². The van der Waals surface area contributed by atoms with Gasteiger partial charge in [0.1, 0.15) is 5.01 Å². The third-order valence-corrected chi connectivity index (χ3v) is 3.11. The van der Waals surface area contributed by atoms with Crippen molar-refractivity contribution in [2.45, 2.75) is 20.8 Å². The van der Waals surface area contributed by atoms with Crippen molar-refractivity contribution in [1.82, 2.24) is 15.5 Å². The van der Waals surface area contributed by atoms with E-state index in [1.807, 2.05) is 0 Å². The van der Waals surface area contributed by atoms with Gasteiger partial charge in [0.05, 0.1) is 5.92 Å². The molecule has 18 heavy (non-hydrogen) atoms. The summed E-state index contributed by atoms with van der Waals surface area (Å²) in [4.78, 5) is 22.4. The Labute approximate surface area is 109 Å². The minimum Gasteiger partial charge on any atom is -0.481 e. The summed E-state index contributed by atoms with van der Waals surface area (Å²) in [5.41, 5.74) is 0. The van der Waals surface area contributed by atoms with E-state index in [2.05, 4.69) is 20.8 Å². The van der Waals surface area contributed by atoms with E-state index < -0.39 is 17.9 Å². The number of rotatable bonds is 5. The first-order chi connectivity index (χ1) is 8.40. The first-order valence-corrected chi connectivity index (χ1v) is 6.29. The molecule has 0 bridgehead atoms. The summed E-state index contributed by atoms with van der Waals surface area (Å²) in [7, 11) is 0. The van der Waals surface area contributed by atoms with Crippen LogP contribution in [0.2, 0.25) is 0 Å². The van der Waals surface area contributed by atoms with Crippen LogP contribution in [0.15, 0.2) is 0 Å². The van der Waals surface area contributed by atoms with Crippen molar-refractivity contribution in [1.29, 1.82) is 0 Å². The molecule has 0 spiro atoms. The molecule has 1 atom stereocenters. The summed E-state index contributed by atoms with van der Waals surface area (Å²) >= 11 is 1.25. The van der Waals surface area contributed by atoms with Crippen molar-refractivity contribution >= 4 is 28.5 Å². The number of nitrogens with zero attached hydrogens (tertiary/aromatic N) is 2. The fourth-order valence-corrected chi connectivity index (χ4v) is 1.89. The number of nitrogens with one attached hydrogen (secondary N) is 2. The van der Waals surface area contributed by atoms with E-state index in [-0.39, 0.29) is 12.5 Å². The van der Waals surface area contributed by atoms with Gasteiger partial charge in [-0.1, -0.05) is 25.2 Å². The number of carbonyl (C=O) groups excluding carboxylic acids is 1. The molecule has 2 amide bonds. The van der Waals surface area contributed by atoms with E-state index in [4.69, 9.17) is 5.11 Å². The second-order valence-corrected chi connectivity index (χ2v) is 5.33. The van der Waals surface area contributed by atoms with Crippen LogP contribution >= 0.6 is 11.3 Å². The highest BCUT2D eigenvalue weighted by molar-refractivity contribution is 7.15. The maximum atomic E-state index is 11.5. The van der Waals surface area contributed by atoms with Gasteiger partial charge in [0.2, 0.25) is 5.13 Å². The molecular weight excluding hydrogens is 256 g/mol. The molecule has 7 nitrogen and oxygen atoms in total. The Morgan fingerprint density at radius 3 is 2.50 bits per heavy atom. The number of aromatic nitrogens is 2. The van der Waals surface area contributed by atoms with Crippen LogP contribution in [0.4, 0.5) is 9.93 Å². The van der Waals surface area contributed by atoms with Gasteiger partial charge in [-0.25, -0.2) is 4.79 Å². The number of anilines is 1. The average Bonchev–Trinajstić information content (AvgIpc) is 2.62. The SMILES string of the molecule is Cc1nnc(NC(=O)NCC(C(=O)O)C(C)C)s1. The van der Waals surface area contributed by atoms with Crippen LogP contribution < -0.4 is 10.6 Å². The number of urea groups is 1. The highest BCUT2D eigenvalue weighted by Gasteiger charge is 2.22. The molecule has 100 valence electrons. The van der Waals surface area contributed by atoms with Crippen LogP contribution in [0.1, 0.15) is 18.9 Å². The van der Waals surface area contributed by atoms with E-state index in [0.717, 1.165) is 5.01 Å². The van der Waals surface area contributed by atoms with Gasteiger partial charge in [0, 0.05) is 6.54 Å². The number of carbonyl (C=O) groups is 2. The highest BCUT2D eigenvalue weighted by Crippen LogP contribution is 2.13. The normalized spacial score (nSPS) is 12.2. The van der Waals surface area contributed by atoms with Crippen LogP contribution in [0.5, 0.6) is 0 Å². The van der Waals surface area contributed by atoms with Gasteiger partial charge in [-0.15, -0.1) is 10.2 Å². The van der Waals surface area contributed by atoms with Gasteiger partial charge in [-0.05, 0) is 12.8 Å². The van der Waals surface area contributed by atoms with Crippen LogP contribution in [-0.4, -0.2) is 33.8 Å². The second-order valence-electron chi connectivity index (χ2n) is 4.15. The smallest absolute Gasteiger partial charge is 0.321 e. The van der Waals surface area contributed by atoms with Crippen molar-refractivity contribution in [2.75, 3.05) is 11.9 Å². The molecule has 0 aliphatic heterocycles. The molecule has 1 aromatic heterocycles. The first kappa shape index (κ1) is 14.4. The molecule has 3 N–H and O–H groups in total. The minimum absolute atomic E-state index is 0.0495. The van der Waals surface area contributed by atoms with Crippen molar-refractivity contribution in [3.63, 3.8) is 0 Å². The molecule has 1 unspecified atom stereocenters. The van der Waals surface area contributed by atoms with Gasteiger partial charge in [-0.2, -0.15) is 0 Å². The van der Waals surface area contributed by atoms with Gasteiger partial charge in [0.25, 0.3) is 0 Å². The summed E-state index contributed by atoms with van der Waals surface area (Å²) in [5, 5.41) is 22.6. The van der Waals surface area contributed by atoms with E-state index in [1.165, 1.54) is 11.3 Å². The van der Waals surface area contributed by atoms with Crippen LogP contribution in [0.25, 0.3) is 0 Å². The Hall–Kier alpha value is -1.70. The molecule has 1 rings (SSSR count). The summed E-state index contributed by atoms with van der Waals surface area (Å²) in [5.74, 6) is -1.57. The van der Waals surface area contributed by atoms with Crippen molar-refractivity contribution < 1.29 is 14.7 Å². The minimum atomic E-state index is -0.919. The highest BCUT2D eigenvalue weighted by atomic mass is 32.1. The predicted molar refractivity (Wildman–Crippen MR) is 67.6 cm³/mol. The summed E-state index contributed by atoms with van der Waals surface area (Å²) < 4.78 is 0. The Bertz CT molecular complexity index is 433. The second kappa shape index (κ2) is 6.29. The largest absolute Gasteiger partial charge is 0.481 e. The predicted octanol–water partition coefficient (Wildman–Crippen LogP) is 1.32. The van der Waals surface area contributed by atoms with Crippen molar-refractivity contribution in [2.24, 2.45) is 11.8 Å². The van der Waals surface area contributed by atoms with E-state index in [9.17, 15) is 9.59 Å². The lowest BCUT2D eigenvalue weighted by Crippen LogP contribution is -2.37. The van der Waals surface area contributed by atoms with E-state index >= 15 is 0 Å². The molecule has 1 aromatic rings. The number of hydrogen-bond acceptors (Lipinski definition) is 5. The Balaban J connectivity index is 2.43.